The van der Waals surface area contributed by atoms with Crippen LogP contribution in [-0.4, -0.2) is 6.54 Å². The van der Waals surface area contributed by atoms with E-state index in [-0.39, 0.29) is 0 Å². The fourth-order valence-corrected chi connectivity index (χ4v) is 5.30. The van der Waals surface area contributed by atoms with Crippen molar-refractivity contribution < 1.29 is 0 Å². The van der Waals surface area contributed by atoms with Crippen molar-refractivity contribution in [2.75, 3.05) is 6.54 Å². The Morgan fingerprint density at radius 2 is 1.70 bits per heavy atom. The van der Waals surface area contributed by atoms with Gasteiger partial charge in [0.05, 0.1) is 0 Å². The lowest BCUT2D eigenvalue weighted by Gasteiger charge is -2.38. The highest BCUT2D eigenvalue weighted by atomic mass is 14.9. The van der Waals surface area contributed by atoms with Gasteiger partial charge in [-0.15, -0.1) is 0 Å². The van der Waals surface area contributed by atoms with E-state index in [2.05, 4.69) is 51.2 Å². The second kappa shape index (κ2) is 9.92. The van der Waals surface area contributed by atoms with E-state index in [0.717, 1.165) is 31.2 Å². The van der Waals surface area contributed by atoms with Crippen LogP contribution in [-0.2, 0) is 12.8 Å². The Labute approximate surface area is 168 Å². The summed E-state index contributed by atoms with van der Waals surface area (Å²) in [5, 5.41) is 3.98. The summed E-state index contributed by atoms with van der Waals surface area (Å²) in [5.74, 6) is 1.87. The fourth-order valence-electron chi connectivity index (χ4n) is 5.30. The second-order valence-electron chi connectivity index (χ2n) is 8.86. The molecule has 0 aromatic heterocycles. The summed E-state index contributed by atoms with van der Waals surface area (Å²) in [6.07, 6.45) is 13.3. The van der Waals surface area contributed by atoms with Crippen molar-refractivity contribution in [3.05, 3.63) is 46.0 Å². The van der Waals surface area contributed by atoms with Crippen LogP contribution < -0.4 is 5.32 Å². The molecule has 2 aliphatic rings. The molecule has 2 saturated carbocycles. The van der Waals surface area contributed by atoms with Gasteiger partial charge >= 0.3 is 0 Å². The first-order valence-corrected chi connectivity index (χ1v) is 11.8. The number of benzene rings is 1. The molecule has 0 heterocycles. The number of rotatable bonds is 9. The molecular formula is C26H41N. The third kappa shape index (κ3) is 4.86. The quantitative estimate of drug-likeness (QED) is 0.457. The highest BCUT2D eigenvalue weighted by Gasteiger charge is 2.32. The van der Waals surface area contributed by atoms with E-state index in [9.17, 15) is 0 Å². The lowest BCUT2D eigenvalue weighted by Crippen LogP contribution is -2.32. The highest BCUT2D eigenvalue weighted by molar-refractivity contribution is 5.34. The molecule has 150 valence electrons. The van der Waals surface area contributed by atoms with E-state index >= 15 is 0 Å². The SMILES string of the molecule is CCc1ccc(C(CC)NCC(=C2CCCC2)C2CC(CC)C2)cc1CC. The van der Waals surface area contributed by atoms with Crippen molar-refractivity contribution in [1.29, 1.82) is 0 Å². The second-order valence-corrected chi connectivity index (χ2v) is 8.86. The Bertz CT molecular complexity index is 628. The molecule has 1 heteroatoms. The Hall–Kier alpha value is -1.08. The normalized spacial score (nSPS) is 23.3. The molecule has 2 aliphatic carbocycles. The van der Waals surface area contributed by atoms with Crippen LogP contribution in [0.5, 0.6) is 0 Å². The standard InChI is InChI=1S/C26H41N/c1-5-19-15-24(16-19)25(22-11-9-10-12-22)18-27-26(8-4)23-14-13-20(6-2)21(7-3)17-23/h13-14,17,19,24,26-27H,5-12,15-16,18H2,1-4H3. The maximum atomic E-state index is 3.98. The van der Waals surface area contributed by atoms with E-state index in [1.54, 1.807) is 5.57 Å². The van der Waals surface area contributed by atoms with E-state index in [1.807, 2.05) is 5.57 Å². The van der Waals surface area contributed by atoms with Crippen LogP contribution >= 0.6 is 0 Å². The zero-order valence-electron chi connectivity index (χ0n) is 18.2. The van der Waals surface area contributed by atoms with Crippen molar-refractivity contribution in [2.24, 2.45) is 11.8 Å². The van der Waals surface area contributed by atoms with Crippen LogP contribution in [0.4, 0.5) is 0 Å². The Balaban J connectivity index is 1.70. The predicted molar refractivity (Wildman–Crippen MR) is 118 cm³/mol. The maximum absolute atomic E-state index is 3.98. The summed E-state index contributed by atoms with van der Waals surface area (Å²) < 4.78 is 0. The van der Waals surface area contributed by atoms with Crippen LogP contribution in [0.2, 0.25) is 0 Å². The molecule has 0 saturated heterocycles. The van der Waals surface area contributed by atoms with Crippen molar-refractivity contribution in [1.82, 2.24) is 5.32 Å². The van der Waals surface area contributed by atoms with Gasteiger partial charge < -0.3 is 5.32 Å². The molecule has 0 amide bonds. The van der Waals surface area contributed by atoms with Gasteiger partial charge in [0, 0.05) is 12.6 Å². The van der Waals surface area contributed by atoms with Gasteiger partial charge in [-0.05, 0) is 86.3 Å². The average Bonchev–Trinajstić information content (AvgIpc) is 3.20. The molecule has 0 bridgehead atoms. The molecule has 0 radical (unpaired) electrons. The van der Waals surface area contributed by atoms with Gasteiger partial charge in [0.15, 0.2) is 0 Å². The molecule has 3 rings (SSSR count). The molecule has 1 unspecified atom stereocenters. The van der Waals surface area contributed by atoms with E-state index in [0.29, 0.717) is 6.04 Å². The Kier molecular flexibility index (Phi) is 7.58. The summed E-state index contributed by atoms with van der Waals surface area (Å²) in [7, 11) is 0. The largest absolute Gasteiger partial charge is 0.306 e. The third-order valence-corrected chi connectivity index (χ3v) is 7.31. The molecule has 1 aromatic rings. The first-order valence-electron chi connectivity index (χ1n) is 11.8. The zero-order chi connectivity index (χ0) is 19.2. The van der Waals surface area contributed by atoms with Crippen LogP contribution in [0.15, 0.2) is 29.3 Å². The third-order valence-electron chi connectivity index (χ3n) is 7.31. The summed E-state index contributed by atoms with van der Waals surface area (Å²) in [6.45, 7) is 10.4. The van der Waals surface area contributed by atoms with E-state index in [1.165, 1.54) is 68.1 Å². The Morgan fingerprint density at radius 1 is 1.00 bits per heavy atom. The monoisotopic (exact) mass is 367 g/mol. The first-order chi connectivity index (χ1) is 13.2. The number of hydrogen-bond donors (Lipinski definition) is 1. The van der Waals surface area contributed by atoms with Gasteiger partial charge in [0.25, 0.3) is 0 Å². The van der Waals surface area contributed by atoms with Crippen LogP contribution in [0.3, 0.4) is 0 Å². The van der Waals surface area contributed by atoms with E-state index in [4.69, 9.17) is 0 Å². The molecule has 0 aliphatic heterocycles. The number of aryl methyl sites for hydroxylation is 2. The van der Waals surface area contributed by atoms with Crippen molar-refractivity contribution in [3.63, 3.8) is 0 Å². The summed E-state index contributed by atoms with van der Waals surface area (Å²) >= 11 is 0. The lowest BCUT2D eigenvalue weighted by atomic mass is 9.69. The summed E-state index contributed by atoms with van der Waals surface area (Å²) in [6, 6.07) is 7.70. The molecular weight excluding hydrogens is 326 g/mol. The molecule has 27 heavy (non-hydrogen) atoms. The van der Waals surface area contributed by atoms with Gasteiger partial charge in [-0.25, -0.2) is 0 Å². The molecule has 1 aromatic carbocycles. The van der Waals surface area contributed by atoms with E-state index < -0.39 is 0 Å². The summed E-state index contributed by atoms with van der Waals surface area (Å²) in [5.41, 5.74) is 8.16. The molecule has 0 spiro atoms. The minimum Gasteiger partial charge on any atom is -0.306 e. The smallest absolute Gasteiger partial charge is 0.0320 e. The topological polar surface area (TPSA) is 12.0 Å². The Morgan fingerprint density at radius 3 is 2.30 bits per heavy atom. The first kappa shape index (κ1) is 20.6. The van der Waals surface area contributed by atoms with Crippen molar-refractivity contribution in [2.45, 2.75) is 97.9 Å². The lowest BCUT2D eigenvalue weighted by molar-refractivity contribution is 0.215. The van der Waals surface area contributed by atoms with Gasteiger partial charge in [-0.2, -0.15) is 0 Å². The van der Waals surface area contributed by atoms with Crippen LogP contribution in [0.1, 0.15) is 102 Å². The summed E-state index contributed by atoms with van der Waals surface area (Å²) in [4.78, 5) is 0. The van der Waals surface area contributed by atoms with Gasteiger partial charge in [-0.3, -0.25) is 0 Å². The zero-order valence-corrected chi connectivity index (χ0v) is 18.2. The fraction of sp³-hybridized carbons (Fsp3) is 0.692. The van der Waals surface area contributed by atoms with Gasteiger partial charge in [0.1, 0.15) is 0 Å². The van der Waals surface area contributed by atoms with Gasteiger partial charge in [-0.1, -0.05) is 63.5 Å². The minimum absolute atomic E-state index is 0.486. The molecule has 1 N–H and O–H groups in total. The van der Waals surface area contributed by atoms with Crippen LogP contribution in [0.25, 0.3) is 0 Å². The van der Waals surface area contributed by atoms with Gasteiger partial charge in [0.2, 0.25) is 0 Å². The number of nitrogens with one attached hydrogen (secondary N) is 1. The minimum atomic E-state index is 0.486. The van der Waals surface area contributed by atoms with Crippen LogP contribution in [0, 0.1) is 11.8 Å². The molecule has 1 atom stereocenters. The molecule has 1 nitrogen and oxygen atoms in total. The highest BCUT2D eigenvalue weighted by Crippen LogP contribution is 2.44. The average molecular weight is 368 g/mol. The van der Waals surface area contributed by atoms with Crippen molar-refractivity contribution >= 4 is 0 Å². The van der Waals surface area contributed by atoms with Crippen molar-refractivity contribution in [3.8, 4) is 0 Å². The maximum Gasteiger partial charge on any atom is 0.0320 e. The predicted octanol–water partition coefficient (Wildman–Crippen LogP) is 7.16. The number of allylic oxidation sites excluding steroid dienone is 1. The number of hydrogen-bond acceptors (Lipinski definition) is 1. The molecule has 2 fully saturated rings.